The Morgan fingerprint density at radius 2 is 1.88 bits per heavy atom. The zero-order valence-electron chi connectivity index (χ0n) is 11.7. The lowest BCUT2D eigenvalue weighted by Gasteiger charge is -2.33. The van der Waals surface area contributed by atoms with Crippen LogP contribution in [0.4, 0.5) is 0 Å². The van der Waals surface area contributed by atoms with Gasteiger partial charge in [0.05, 0.1) is 12.7 Å². The maximum atomic E-state index is 5.68. The highest BCUT2D eigenvalue weighted by Crippen LogP contribution is 2.33. The summed E-state index contributed by atoms with van der Waals surface area (Å²) in [7, 11) is 0. The van der Waals surface area contributed by atoms with E-state index in [0.717, 1.165) is 12.5 Å². The topological polar surface area (TPSA) is 47.3 Å². The molecule has 1 aliphatic rings. The fourth-order valence-corrected chi connectivity index (χ4v) is 2.90. The number of hydrazine groups is 1. The van der Waals surface area contributed by atoms with Crippen molar-refractivity contribution in [2.24, 2.45) is 17.7 Å². The van der Waals surface area contributed by atoms with Gasteiger partial charge in [-0.15, -0.1) is 0 Å². The fraction of sp³-hybridized carbons (Fsp3) is 1.00. The van der Waals surface area contributed by atoms with Gasteiger partial charge >= 0.3 is 0 Å². The molecule has 3 N–H and O–H groups in total. The molecule has 0 amide bonds. The summed E-state index contributed by atoms with van der Waals surface area (Å²) in [5.41, 5.74) is 2.95. The smallest absolute Gasteiger partial charge is 0.0639 e. The van der Waals surface area contributed by atoms with Crippen LogP contribution in [0.2, 0.25) is 0 Å². The molecule has 0 bridgehead atoms. The molecule has 3 heteroatoms. The fourth-order valence-electron chi connectivity index (χ4n) is 2.90. The molecule has 0 spiro atoms. The Hall–Kier alpha value is -0.120. The van der Waals surface area contributed by atoms with Crippen molar-refractivity contribution < 1.29 is 4.74 Å². The SMILES string of the molecule is CCCC1CCC(C(COC(C)C)NN)CC1. The van der Waals surface area contributed by atoms with Crippen molar-refractivity contribution in [2.45, 2.75) is 71.4 Å². The number of ether oxygens (including phenoxy) is 1. The Morgan fingerprint density at radius 3 is 2.35 bits per heavy atom. The maximum absolute atomic E-state index is 5.68. The monoisotopic (exact) mass is 242 g/mol. The molecule has 0 saturated heterocycles. The van der Waals surface area contributed by atoms with E-state index in [1.807, 2.05) is 0 Å². The average molecular weight is 242 g/mol. The second-order valence-corrected chi connectivity index (χ2v) is 5.72. The molecule has 0 aromatic rings. The molecule has 1 unspecified atom stereocenters. The Morgan fingerprint density at radius 1 is 1.24 bits per heavy atom. The zero-order chi connectivity index (χ0) is 12.7. The van der Waals surface area contributed by atoms with Crippen LogP contribution in [0.15, 0.2) is 0 Å². The minimum absolute atomic E-state index is 0.294. The van der Waals surface area contributed by atoms with Crippen LogP contribution in [0.5, 0.6) is 0 Å². The summed E-state index contributed by atoms with van der Waals surface area (Å²) in [4.78, 5) is 0. The first-order valence-electron chi connectivity index (χ1n) is 7.25. The van der Waals surface area contributed by atoms with Crippen LogP contribution in [-0.2, 0) is 4.74 Å². The van der Waals surface area contributed by atoms with Crippen LogP contribution >= 0.6 is 0 Å². The van der Waals surface area contributed by atoms with E-state index in [0.29, 0.717) is 18.1 Å². The van der Waals surface area contributed by atoms with Crippen molar-refractivity contribution in [2.75, 3.05) is 6.61 Å². The van der Waals surface area contributed by atoms with E-state index >= 15 is 0 Å². The third kappa shape index (κ3) is 5.36. The Bertz CT molecular complexity index is 189. The van der Waals surface area contributed by atoms with E-state index in [9.17, 15) is 0 Å². The molecule has 1 saturated carbocycles. The molecule has 0 aliphatic heterocycles. The molecular formula is C14H30N2O. The van der Waals surface area contributed by atoms with Gasteiger partial charge in [-0.2, -0.15) is 0 Å². The predicted octanol–water partition coefficient (Wildman–Crippen LogP) is 2.85. The van der Waals surface area contributed by atoms with Gasteiger partial charge in [0.25, 0.3) is 0 Å². The summed E-state index contributed by atoms with van der Waals surface area (Å²) in [5, 5.41) is 0. The number of rotatable bonds is 7. The highest BCUT2D eigenvalue weighted by Gasteiger charge is 2.26. The van der Waals surface area contributed by atoms with Crippen LogP contribution in [0.1, 0.15) is 59.3 Å². The highest BCUT2D eigenvalue weighted by molar-refractivity contribution is 4.80. The summed E-state index contributed by atoms with van der Waals surface area (Å²) >= 11 is 0. The van der Waals surface area contributed by atoms with Crippen molar-refractivity contribution in [1.29, 1.82) is 0 Å². The van der Waals surface area contributed by atoms with Gasteiger partial charge in [0, 0.05) is 6.04 Å². The van der Waals surface area contributed by atoms with Crippen molar-refractivity contribution in [3.05, 3.63) is 0 Å². The van der Waals surface area contributed by atoms with E-state index in [2.05, 4.69) is 26.2 Å². The first-order valence-corrected chi connectivity index (χ1v) is 7.25. The van der Waals surface area contributed by atoms with Gasteiger partial charge < -0.3 is 4.74 Å². The molecule has 0 aromatic heterocycles. The number of nitrogens with two attached hydrogens (primary N) is 1. The lowest BCUT2D eigenvalue weighted by atomic mass is 9.77. The third-order valence-corrected chi connectivity index (χ3v) is 3.98. The maximum Gasteiger partial charge on any atom is 0.0639 e. The van der Waals surface area contributed by atoms with Gasteiger partial charge in [-0.05, 0) is 38.5 Å². The Kier molecular flexibility index (Phi) is 7.09. The summed E-state index contributed by atoms with van der Waals surface area (Å²) in [6, 6.07) is 0.333. The van der Waals surface area contributed by atoms with Crippen LogP contribution in [-0.4, -0.2) is 18.8 Å². The van der Waals surface area contributed by atoms with Gasteiger partial charge in [-0.1, -0.05) is 32.6 Å². The molecule has 1 fully saturated rings. The Labute approximate surface area is 106 Å². The molecule has 0 heterocycles. The molecule has 1 aliphatic carbocycles. The minimum atomic E-state index is 0.294. The minimum Gasteiger partial charge on any atom is -0.377 e. The van der Waals surface area contributed by atoms with Gasteiger partial charge in [-0.3, -0.25) is 11.3 Å². The predicted molar refractivity (Wildman–Crippen MR) is 72.6 cm³/mol. The average Bonchev–Trinajstić information content (AvgIpc) is 2.32. The molecule has 102 valence electrons. The van der Waals surface area contributed by atoms with Crippen molar-refractivity contribution in [1.82, 2.24) is 5.43 Å². The van der Waals surface area contributed by atoms with Gasteiger partial charge in [0.2, 0.25) is 0 Å². The zero-order valence-corrected chi connectivity index (χ0v) is 11.7. The quantitative estimate of drug-likeness (QED) is 0.533. The van der Waals surface area contributed by atoms with Crippen LogP contribution < -0.4 is 11.3 Å². The van der Waals surface area contributed by atoms with E-state index in [-0.39, 0.29) is 0 Å². The largest absolute Gasteiger partial charge is 0.377 e. The van der Waals surface area contributed by atoms with Gasteiger partial charge in [0.1, 0.15) is 0 Å². The van der Waals surface area contributed by atoms with Crippen LogP contribution in [0.25, 0.3) is 0 Å². The molecule has 0 radical (unpaired) electrons. The molecule has 0 aromatic carbocycles. The Balaban J connectivity index is 2.29. The molecule has 3 nitrogen and oxygen atoms in total. The second kappa shape index (κ2) is 8.06. The number of hydrogen-bond acceptors (Lipinski definition) is 3. The van der Waals surface area contributed by atoms with E-state index in [1.165, 1.54) is 38.5 Å². The number of hydrogen-bond donors (Lipinski definition) is 2. The van der Waals surface area contributed by atoms with Crippen molar-refractivity contribution in [3.8, 4) is 0 Å². The summed E-state index contributed by atoms with van der Waals surface area (Å²) in [5.74, 6) is 7.31. The molecule has 1 atom stereocenters. The first kappa shape index (κ1) is 14.9. The van der Waals surface area contributed by atoms with Gasteiger partial charge in [0.15, 0.2) is 0 Å². The molecule has 1 rings (SSSR count). The van der Waals surface area contributed by atoms with Crippen molar-refractivity contribution in [3.63, 3.8) is 0 Å². The summed E-state index contributed by atoms with van der Waals surface area (Å²) in [6.45, 7) is 7.18. The molecular weight excluding hydrogens is 212 g/mol. The van der Waals surface area contributed by atoms with E-state index in [1.54, 1.807) is 0 Å². The normalized spacial score (nSPS) is 27.4. The van der Waals surface area contributed by atoms with E-state index < -0.39 is 0 Å². The van der Waals surface area contributed by atoms with Crippen molar-refractivity contribution >= 4 is 0 Å². The summed E-state index contributed by atoms with van der Waals surface area (Å²) < 4.78 is 5.68. The lowest BCUT2D eigenvalue weighted by molar-refractivity contribution is 0.0400. The first-order chi connectivity index (χ1) is 8.17. The lowest BCUT2D eigenvalue weighted by Crippen LogP contribution is -2.45. The van der Waals surface area contributed by atoms with Crippen LogP contribution in [0, 0.1) is 11.8 Å². The standard InChI is InChI=1S/C14H30N2O/c1-4-5-12-6-8-13(9-7-12)14(16-15)10-17-11(2)3/h11-14,16H,4-10,15H2,1-3H3. The second-order valence-electron chi connectivity index (χ2n) is 5.72. The van der Waals surface area contributed by atoms with E-state index in [4.69, 9.17) is 10.6 Å². The number of nitrogens with one attached hydrogen (secondary N) is 1. The summed E-state index contributed by atoms with van der Waals surface area (Å²) in [6.07, 6.45) is 8.38. The third-order valence-electron chi connectivity index (χ3n) is 3.98. The molecule has 17 heavy (non-hydrogen) atoms. The van der Waals surface area contributed by atoms with Gasteiger partial charge in [-0.25, -0.2) is 0 Å². The van der Waals surface area contributed by atoms with Crippen LogP contribution in [0.3, 0.4) is 0 Å². The highest BCUT2D eigenvalue weighted by atomic mass is 16.5.